The molecule has 1 atom stereocenters. The molecule has 8 N–H and O–H groups in total. The number of pyridine rings is 1. The zero-order chi connectivity index (χ0) is 36.6. The number of hydrogen-bond acceptors (Lipinski definition) is 16. The van der Waals surface area contributed by atoms with E-state index in [1.807, 2.05) is 0 Å². The zero-order valence-electron chi connectivity index (χ0n) is 26.0. The van der Waals surface area contributed by atoms with Crippen molar-refractivity contribution in [2.24, 2.45) is 10.6 Å². The number of nitrogen functional groups attached to an aromatic ring is 1. The number of carbonyl (C=O) groups is 4. The Morgan fingerprint density at radius 1 is 1.22 bits per heavy atom. The van der Waals surface area contributed by atoms with Gasteiger partial charge in [0.05, 0.1) is 12.2 Å². The van der Waals surface area contributed by atoms with E-state index in [1.165, 1.54) is 10.1 Å². The van der Waals surface area contributed by atoms with Gasteiger partial charge in [0, 0.05) is 36.2 Å². The first-order chi connectivity index (χ1) is 22.7. The van der Waals surface area contributed by atoms with Crippen LogP contribution in [0.2, 0.25) is 0 Å². The Morgan fingerprint density at radius 3 is 2.45 bits per heavy atom. The zero-order valence-corrected chi connectivity index (χ0v) is 27.7. The number of hydrogen-bond donors (Lipinski definition) is 7. The van der Waals surface area contributed by atoms with Crippen LogP contribution in [-0.4, -0.2) is 107 Å². The molecule has 1 saturated heterocycles. The molecule has 4 heterocycles. The largest absolute Gasteiger partial charge is 0.503 e. The second-order valence-electron chi connectivity index (χ2n) is 11.8. The molecule has 1 aliphatic heterocycles. The fourth-order valence-corrected chi connectivity index (χ4v) is 5.35. The molecule has 0 aromatic carbocycles. The first kappa shape index (κ1) is 36.2. The predicted molar refractivity (Wildman–Crippen MR) is 167 cm³/mol. The fourth-order valence-electron chi connectivity index (χ4n) is 3.90. The number of carboxylic acid groups (broad SMARTS) is 1. The fraction of sp³-hybridized carbons (Fsp3) is 0.400. The Bertz CT molecular complexity index is 2090. The number of carboxylic acids is 1. The number of carbonyl (C=O) groups excluding carboxylic acids is 3. The molecule has 4 rings (SSSR count). The summed E-state index contributed by atoms with van der Waals surface area (Å²) in [5, 5.41) is 39.5. The molecule has 4 amide bonds. The third-order valence-corrected chi connectivity index (χ3v) is 8.57. The van der Waals surface area contributed by atoms with Gasteiger partial charge in [0.2, 0.25) is 11.0 Å². The Kier molecular flexibility index (Phi) is 9.70. The van der Waals surface area contributed by atoms with Gasteiger partial charge in [-0.05, 0) is 13.8 Å². The number of imide groups is 1. The van der Waals surface area contributed by atoms with Crippen LogP contribution in [0.5, 0.6) is 5.75 Å². The molecule has 3 aromatic heterocycles. The van der Waals surface area contributed by atoms with Gasteiger partial charge < -0.3 is 36.2 Å². The lowest BCUT2D eigenvalue weighted by atomic mass is 9.95. The van der Waals surface area contributed by atoms with E-state index >= 15 is 0 Å². The van der Waals surface area contributed by atoms with Crippen LogP contribution in [0, 0.1) is 5.41 Å². The topological polar surface area (TPSA) is 324 Å². The molecule has 0 unspecified atom stereocenters. The number of nitrogens with one attached hydrogen (secondary N) is 3. The van der Waals surface area contributed by atoms with E-state index in [0.717, 1.165) is 42.0 Å². The lowest BCUT2D eigenvalue weighted by Gasteiger charge is -2.36. The Morgan fingerprint density at radius 2 is 1.90 bits per heavy atom. The lowest BCUT2D eigenvalue weighted by Crippen LogP contribution is -2.68. The monoisotopic (exact) mass is 726 g/mol. The maximum Gasteiger partial charge on any atom is 0.362 e. The maximum atomic E-state index is 13.3. The average Bonchev–Trinajstić information content (AvgIpc) is 3.58. The average molecular weight is 727 g/mol. The minimum atomic E-state index is -5.16. The van der Waals surface area contributed by atoms with E-state index in [2.05, 4.69) is 25.5 Å². The number of aliphatic carboxylic acids is 1. The molecule has 24 heteroatoms. The number of aromatic amines is 1. The van der Waals surface area contributed by atoms with E-state index in [0.29, 0.717) is 4.90 Å². The van der Waals surface area contributed by atoms with Crippen LogP contribution in [0.15, 0.2) is 32.4 Å². The molecule has 0 aliphatic carbocycles. The molecule has 0 bridgehead atoms. The number of H-pyrrole nitrogens is 1. The van der Waals surface area contributed by atoms with Gasteiger partial charge in [-0.3, -0.25) is 23.9 Å². The number of rotatable bonds is 12. The molecule has 22 nitrogen and oxygen atoms in total. The highest BCUT2D eigenvalue weighted by molar-refractivity contribution is 7.88. The van der Waals surface area contributed by atoms with Gasteiger partial charge in [0.25, 0.3) is 11.8 Å². The van der Waals surface area contributed by atoms with Crippen molar-refractivity contribution in [1.29, 1.82) is 0 Å². The summed E-state index contributed by atoms with van der Waals surface area (Å²) >= 11 is 0.925. The van der Waals surface area contributed by atoms with E-state index in [1.54, 1.807) is 13.8 Å². The van der Waals surface area contributed by atoms with Gasteiger partial charge >= 0.3 is 27.9 Å². The number of thiazole rings is 1. The number of urea groups is 1. The number of anilines is 1. The number of aliphatic hydroxyl groups excluding tert-OH is 1. The second kappa shape index (κ2) is 13.1. The van der Waals surface area contributed by atoms with E-state index < -0.39 is 92.6 Å². The summed E-state index contributed by atoms with van der Waals surface area (Å²) in [6.45, 7) is 4.10. The van der Waals surface area contributed by atoms with Crippen LogP contribution in [0.3, 0.4) is 0 Å². The summed E-state index contributed by atoms with van der Waals surface area (Å²) in [5.41, 5.74) is -0.306. The molecule has 0 saturated carbocycles. The molecular formula is C25H30N10O12S2. The van der Waals surface area contributed by atoms with Gasteiger partial charge in [-0.1, -0.05) is 23.1 Å². The van der Waals surface area contributed by atoms with Crippen molar-refractivity contribution in [2.45, 2.75) is 45.9 Å². The molecule has 1 fully saturated rings. The van der Waals surface area contributed by atoms with Crippen molar-refractivity contribution in [1.82, 2.24) is 38.7 Å². The normalized spacial score (nSPS) is 15.4. The minimum Gasteiger partial charge on any atom is -0.503 e. The van der Waals surface area contributed by atoms with Gasteiger partial charge in [0.15, 0.2) is 22.4 Å². The molecule has 264 valence electrons. The summed E-state index contributed by atoms with van der Waals surface area (Å²) in [4.78, 5) is 87.2. The highest BCUT2D eigenvalue weighted by Gasteiger charge is 2.44. The summed E-state index contributed by atoms with van der Waals surface area (Å²) in [7, 11) is -5.16. The second-order valence-corrected chi connectivity index (χ2v) is 14.1. The number of β-lactam (4-membered cyclic amide) rings is 1. The van der Waals surface area contributed by atoms with Crippen LogP contribution in [0.4, 0.5) is 9.93 Å². The van der Waals surface area contributed by atoms with Crippen molar-refractivity contribution in [2.75, 3.05) is 18.9 Å². The van der Waals surface area contributed by atoms with Crippen molar-refractivity contribution >= 4 is 56.2 Å². The van der Waals surface area contributed by atoms with Gasteiger partial charge in [-0.15, -0.1) is 16.4 Å². The molecule has 1 aliphatic rings. The van der Waals surface area contributed by atoms with E-state index in [-0.39, 0.29) is 27.2 Å². The number of amides is 4. The lowest BCUT2D eigenvalue weighted by molar-refractivity contribution is -0.161. The third kappa shape index (κ3) is 7.60. The number of oxime groups is 1. The van der Waals surface area contributed by atoms with Crippen LogP contribution < -0.4 is 26.9 Å². The SMILES string of the molecule is CC(C)(CO)Cn1c(-c2cc(=O)c(O)c[nH]2)nn(S(=O)(=O)NC(=O)N2C[C@H](NC(=O)C(=NOC(C)(C)C(=O)O)c3csc(N)n3)C2=O)c1=O. The summed E-state index contributed by atoms with van der Waals surface area (Å²) < 4.78 is 28.6. The van der Waals surface area contributed by atoms with Crippen LogP contribution in [-0.2, 0) is 36.0 Å². The highest BCUT2D eigenvalue weighted by Crippen LogP contribution is 2.21. The smallest absolute Gasteiger partial charge is 0.362 e. The van der Waals surface area contributed by atoms with Crippen LogP contribution >= 0.6 is 11.3 Å². The van der Waals surface area contributed by atoms with Gasteiger partial charge in [0.1, 0.15) is 11.7 Å². The third-order valence-electron chi connectivity index (χ3n) is 6.77. The highest BCUT2D eigenvalue weighted by atomic mass is 32.2. The van der Waals surface area contributed by atoms with Crippen molar-refractivity contribution < 1.29 is 47.8 Å². The van der Waals surface area contributed by atoms with E-state index in [4.69, 9.17) is 10.6 Å². The molecular weight excluding hydrogens is 696 g/mol. The minimum absolute atomic E-state index is 0.0290. The number of nitrogens with zero attached hydrogens (tertiary/aromatic N) is 6. The number of aliphatic hydroxyl groups is 1. The Hall–Kier alpha value is -5.62. The maximum absolute atomic E-state index is 13.3. The molecule has 0 spiro atoms. The Balaban J connectivity index is 1.53. The predicted octanol–water partition coefficient (Wildman–Crippen LogP) is -2.42. The molecule has 0 radical (unpaired) electrons. The van der Waals surface area contributed by atoms with Crippen molar-refractivity contribution in [3.8, 4) is 17.3 Å². The van der Waals surface area contributed by atoms with Crippen LogP contribution in [0.25, 0.3) is 11.5 Å². The van der Waals surface area contributed by atoms with Crippen molar-refractivity contribution in [3.63, 3.8) is 0 Å². The number of nitrogens with two attached hydrogens (primary N) is 1. The van der Waals surface area contributed by atoms with E-state index in [9.17, 15) is 52.5 Å². The Labute approximate surface area is 279 Å². The molecule has 49 heavy (non-hydrogen) atoms. The van der Waals surface area contributed by atoms with Crippen LogP contribution in [0.1, 0.15) is 33.4 Å². The summed E-state index contributed by atoms with van der Waals surface area (Å²) in [6.07, 6.45) is 0.884. The molecule has 3 aromatic rings. The van der Waals surface area contributed by atoms with Crippen molar-refractivity contribution in [3.05, 3.63) is 44.0 Å². The number of aromatic hydroxyl groups is 1. The quantitative estimate of drug-likeness (QED) is 0.0580. The number of aromatic nitrogens is 5. The first-order valence-electron chi connectivity index (χ1n) is 13.8. The van der Waals surface area contributed by atoms with Gasteiger partial charge in [-0.2, -0.15) is 8.42 Å². The summed E-state index contributed by atoms with van der Waals surface area (Å²) in [5.74, 6) is -4.63. The summed E-state index contributed by atoms with van der Waals surface area (Å²) in [6, 6.07) is -2.05. The standard InChI is InChI=1S/C25H30N10O12S2/c1-24(2,10-36)9-34-17(11-5-14(37)15(38)6-27-11)30-35(23(34)44)49(45,46)32-22(43)33-7-12(19(33)40)28-18(39)16(13-8-48-21(26)29-13)31-47-25(3,4)20(41)42/h5-6,8,12,36,38H,7,9-10H2,1-4H3,(H2,26,29)(H,27,37)(H,28,39)(H,32,43)(H,41,42)/t12-/m0/s1. The van der Waals surface area contributed by atoms with Gasteiger partial charge in [-0.25, -0.2) is 24.1 Å². The number of likely N-dealkylation sites (tertiary alicyclic amines) is 1. The first-order valence-corrected chi connectivity index (χ1v) is 16.1.